The molecule has 0 aliphatic rings. The van der Waals surface area contributed by atoms with Gasteiger partial charge in [-0.3, -0.25) is 0 Å². The van der Waals surface area contributed by atoms with Crippen LogP contribution >= 0.6 is 27.3 Å². The van der Waals surface area contributed by atoms with Gasteiger partial charge in [0.2, 0.25) is 0 Å². The number of nitrogens with one attached hydrogen (secondary N) is 1. The summed E-state index contributed by atoms with van der Waals surface area (Å²) in [4.78, 5) is 0. The van der Waals surface area contributed by atoms with Crippen molar-refractivity contribution in [1.82, 2.24) is 5.32 Å². The van der Waals surface area contributed by atoms with E-state index in [0.717, 1.165) is 34.1 Å². The van der Waals surface area contributed by atoms with Gasteiger partial charge in [-0.25, -0.2) is 4.39 Å². The normalized spacial score (nSPS) is 10.8. The largest absolute Gasteiger partial charge is 0.313 e. The van der Waals surface area contributed by atoms with Crippen molar-refractivity contribution < 1.29 is 4.39 Å². The van der Waals surface area contributed by atoms with Crippen molar-refractivity contribution in [2.75, 3.05) is 6.54 Å². The van der Waals surface area contributed by atoms with E-state index in [0.29, 0.717) is 6.54 Å². The van der Waals surface area contributed by atoms with Crippen LogP contribution in [-0.4, -0.2) is 6.54 Å². The Morgan fingerprint density at radius 1 is 1.33 bits per heavy atom. The van der Waals surface area contributed by atoms with Crippen molar-refractivity contribution >= 4 is 27.3 Å². The van der Waals surface area contributed by atoms with E-state index in [1.807, 2.05) is 22.9 Å². The van der Waals surface area contributed by atoms with Crippen molar-refractivity contribution in [1.29, 1.82) is 0 Å². The minimum Gasteiger partial charge on any atom is -0.313 e. The quantitative estimate of drug-likeness (QED) is 0.776. The average molecular weight is 328 g/mol. The maximum atomic E-state index is 13.9. The Bertz CT molecular complexity index is 524. The molecule has 0 aliphatic carbocycles. The van der Waals surface area contributed by atoms with Gasteiger partial charge in [-0.15, -0.1) is 0 Å². The first-order valence-corrected chi connectivity index (χ1v) is 7.67. The van der Waals surface area contributed by atoms with Gasteiger partial charge in [-0.2, -0.15) is 11.3 Å². The molecule has 1 N–H and O–H groups in total. The van der Waals surface area contributed by atoms with E-state index >= 15 is 0 Å². The number of hydrogen-bond donors (Lipinski definition) is 1. The predicted molar refractivity (Wildman–Crippen MR) is 79.4 cm³/mol. The van der Waals surface area contributed by atoms with Gasteiger partial charge in [0.1, 0.15) is 5.82 Å². The van der Waals surface area contributed by atoms with Crippen LogP contribution < -0.4 is 5.32 Å². The lowest BCUT2D eigenvalue weighted by atomic mass is 10.1. The molecule has 0 atom stereocenters. The lowest BCUT2D eigenvalue weighted by Crippen LogP contribution is -2.14. The number of hydrogen-bond acceptors (Lipinski definition) is 2. The summed E-state index contributed by atoms with van der Waals surface area (Å²) in [6, 6.07) is 5.44. The van der Waals surface area contributed by atoms with E-state index in [1.54, 1.807) is 17.4 Å². The summed E-state index contributed by atoms with van der Waals surface area (Å²) in [6.07, 6.45) is 1.06. The van der Waals surface area contributed by atoms with E-state index < -0.39 is 0 Å². The van der Waals surface area contributed by atoms with Crippen molar-refractivity contribution in [3.05, 3.63) is 44.8 Å². The Hall–Kier alpha value is -0.710. The van der Waals surface area contributed by atoms with Crippen molar-refractivity contribution in [3.63, 3.8) is 0 Å². The Labute approximate surface area is 119 Å². The second-order valence-corrected chi connectivity index (χ2v) is 5.71. The summed E-state index contributed by atoms with van der Waals surface area (Å²) in [6.45, 7) is 3.60. The fourth-order valence-corrected chi connectivity index (χ4v) is 3.28. The Balaban J connectivity index is 2.17. The third-order valence-electron chi connectivity index (χ3n) is 2.72. The molecule has 96 valence electrons. The lowest BCUT2D eigenvalue weighted by Gasteiger charge is -2.07. The zero-order valence-electron chi connectivity index (χ0n) is 10.2. The molecule has 0 bridgehead atoms. The molecule has 0 fully saturated rings. The highest BCUT2D eigenvalue weighted by molar-refractivity contribution is 9.10. The van der Waals surface area contributed by atoms with Gasteiger partial charge in [0, 0.05) is 27.5 Å². The van der Waals surface area contributed by atoms with Gasteiger partial charge in [-0.05, 0) is 45.9 Å². The van der Waals surface area contributed by atoms with Gasteiger partial charge < -0.3 is 5.32 Å². The summed E-state index contributed by atoms with van der Waals surface area (Å²) >= 11 is 5.08. The maximum absolute atomic E-state index is 13.9. The first-order valence-electron chi connectivity index (χ1n) is 5.93. The van der Waals surface area contributed by atoms with E-state index in [9.17, 15) is 4.39 Å². The molecule has 0 amide bonds. The maximum Gasteiger partial charge on any atom is 0.128 e. The molecule has 2 rings (SSSR count). The van der Waals surface area contributed by atoms with Crippen LogP contribution in [0.25, 0.3) is 11.1 Å². The molecule has 0 spiro atoms. The van der Waals surface area contributed by atoms with Crippen LogP contribution in [0.2, 0.25) is 0 Å². The number of thiophene rings is 1. The summed E-state index contributed by atoms with van der Waals surface area (Å²) in [5.74, 6) is -0.144. The number of rotatable bonds is 5. The molecule has 0 saturated heterocycles. The highest BCUT2D eigenvalue weighted by Crippen LogP contribution is 2.32. The highest BCUT2D eigenvalue weighted by atomic mass is 79.9. The molecule has 0 unspecified atom stereocenters. The zero-order valence-corrected chi connectivity index (χ0v) is 12.6. The summed E-state index contributed by atoms with van der Waals surface area (Å²) in [5, 5.41) is 7.24. The Morgan fingerprint density at radius 3 is 2.78 bits per heavy atom. The number of halogens is 2. The highest BCUT2D eigenvalue weighted by Gasteiger charge is 2.08. The van der Waals surface area contributed by atoms with Crippen LogP contribution in [0, 0.1) is 5.82 Å². The van der Waals surface area contributed by atoms with Crippen LogP contribution in [-0.2, 0) is 6.54 Å². The predicted octanol–water partition coefficient (Wildman–Crippen LogP) is 4.82. The molecule has 1 nitrogen and oxygen atoms in total. The first-order chi connectivity index (χ1) is 8.72. The van der Waals surface area contributed by atoms with Gasteiger partial charge in [0.15, 0.2) is 0 Å². The Morgan fingerprint density at radius 2 is 2.17 bits per heavy atom. The van der Waals surface area contributed by atoms with E-state index in [2.05, 4.69) is 28.2 Å². The van der Waals surface area contributed by atoms with E-state index in [-0.39, 0.29) is 5.82 Å². The fourth-order valence-electron chi connectivity index (χ4n) is 1.75. The van der Waals surface area contributed by atoms with Crippen molar-refractivity contribution in [2.45, 2.75) is 19.9 Å². The topological polar surface area (TPSA) is 12.0 Å². The second kappa shape index (κ2) is 6.45. The third kappa shape index (κ3) is 3.19. The minimum atomic E-state index is -0.144. The molecule has 2 aromatic rings. The van der Waals surface area contributed by atoms with Gasteiger partial charge in [-0.1, -0.05) is 19.1 Å². The molecular weight excluding hydrogens is 313 g/mol. The average Bonchev–Trinajstić information content (AvgIpc) is 2.78. The van der Waals surface area contributed by atoms with E-state index in [4.69, 9.17) is 0 Å². The van der Waals surface area contributed by atoms with Crippen LogP contribution in [0.15, 0.2) is 33.4 Å². The van der Waals surface area contributed by atoms with Crippen molar-refractivity contribution in [3.8, 4) is 11.1 Å². The Kier molecular flexibility index (Phi) is 4.92. The molecule has 18 heavy (non-hydrogen) atoms. The van der Waals surface area contributed by atoms with Crippen molar-refractivity contribution in [2.24, 2.45) is 0 Å². The molecule has 1 aromatic carbocycles. The van der Waals surface area contributed by atoms with Crippen LogP contribution in [0.5, 0.6) is 0 Å². The lowest BCUT2D eigenvalue weighted by molar-refractivity contribution is 0.587. The molecule has 0 saturated carbocycles. The second-order valence-electron chi connectivity index (χ2n) is 4.12. The standard InChI is InChI=1S/C14H15BrFNS/c1-2-5-17-7-11-4-3-10(6-14(11)16)12-8-18-9-13(12)15/h3-4,6,8-9,17H,2,5,7H2,1H3. The molecule has 4 heteroatoms. The summed E-state index contributed by atoms with van der Waals surface area (Å²) in [5.41, 5.74) is 2.69. The fraction of sp³-hybridized carbons (Fsp3) is 0.286. The van der Waals surface area contributed by atoms with Gasteiger partial charge >= 0.3 is 0 Å². The smallest absolute Gasteiger partial charge is 0.128 e. The zero-order chi connectivity index (χ0) is 13.0. The van der Waals surface area contributed by atoms with Gasteiger partial charge in [0.25, 0.3) is 0 Å². The van der Waals surface area contributed by atoms with Crippen LogP contribution in [0.1, 0.15) is 18.9 Å². The monoisotopic (exact) mass is 327 g/mol. The summed E-state index contributed by atoms with van der Waals surface area (Å²) in [7, 11) is 0. The molecule has 0 aliphatic heterocycles. The third-order valence-corrected chi connectivity index (χ3v) is 4.42. The first kappa shape index (κ1) is 13.7. The number of benzene rings is 1. The molecule has 1 heterocycles. The summed E-state index contributed by atoms with van der Waals surface area (Å²) < 4.78 is 15.0. The SMILES string of the molecule is CCCNCc1ccc(-c2cscc2Br)cc1F. The molecular formula is C14H15BrFNS. The molecule has 1 aromatic heterocycles. The van der Waals surface area contributed by atoms with E-state index in [1.165, 1.54) is 0 Å². The minimum absolute atomic E-state index is 0.144. The van der Waals surface area contributed by atoms with Crippen LogP contribution in [0.3, 0.4) is 0 Å². The van der Waals surface area contributed by atoms with Gasteiger partial charge in [0.05, 0.1) is 0 Å². The molecule has 0 radical (unpaired) electrons. The van der Waals surface area contributed by atoms with Crippen LogP contribution in [0.4, 0.5) is 4.39 Å².